The van der Waals surface area contributed by atoms with Crippen LogP contribution in [-0.4, -0.2) is 30.1 Å². The third kappa shape index (κ3) is 5.57. The molecule has 0 atom stereocenters. The molecule has 8 heteroatoms. The molecule has 0 unspecified atom stereocenters. The van der Waals surface area contributed by atoms with Gasteiger partial charge in [-0.25, -0.2) is 4.79 Å². The lowest BCUT2D eigenvalue weighted by Gasteiger charge is -2.12. The maximum atomic E-state index is 11.6. The van der Waals surface area contributed by atoms with Crippen LogP contribution in [0.1, 0.15) is 35.7 Å². The predicted molar refractivity (Wildman–Crippen MR) is 86.0 cm³/mol. The maximum absolute atomic E-state index is 11.6. The Balaban J connectivity index is 2.56. The summed E-state index contributed by atoms with van der Waals surface area (Å²) in [5.74, 6) is -0.109. The van der Waals surface area contributed by atoms with Crippen LogP contribution in [0.2, 0.25) is 0 Å². The van der Waals surface area contributed by atoms with Gasteiger partial charge in [-0.3, -0.25) is 15.6 Å². The Morgan fingerprint density at radius 1 is 1.36 bits per heavy atom. The van der Waals surface area contributed by atoms with Gasteiger partial charge in [0, 0.05) is 12.1 Å². The fourth-order valence-corrected chi connectivity index (χ4v) is 1.80. The average Bonchev–Trinajstić information content (AvgIpc) is 2.82. The number of carbonyl (C=O) groups excluding carboxylic acids is 2. The maximum Gasteiger partial charge on any atom is 0.341 e. The molecule has 1 rings (SSSR count). The average molecular weight is 325 g/mol. The zero-order valence-electron chi connectivity index (χ0n) is 12.9. The number of esters is 1. The third-order valence-electron chi connectivity index (χ3n) is 2.46. The van der Waals surface area contributed by atoms with Gasteiger partial charge in [-0.05, 0) is 45.1 Å². The van der Waals surface area contributed by atoms with Crippen molar-refractivity contribution in [1.29, 1.82) is 0 Å². The van der Waals surface area contributed by atoms with E-state index in [4.69, 9.17) is 16.6 Å². The molecular formula is C14H19N3O4S. The Kier molecular flexibility index (Phi) is 6.58. The highest BCUT2D eigenvalue weighted by molar-refractivity contribution is 7.80. The van der Waals surface area contributed by atoms with Gasteiger partial charge in [-0.1, -0.05) is 0 Å². The Labute approximate surface area is 134 Å². The lowest BCUT2D eigenvalue weighted by molar-refractivity contribution is -0.117. The number of hydrogen-bond donors (Lipinski definition) is 3. The summed E-state index contributed by atoms with van der Waals surface area (Å²) in [6.45, 7) is 5.49. The Morgan fingerprint density at radius 2 is 2.05 bits per heavy atom. The number of ether oxygens (including phenoxy) is 1. The molecule has 1 heterocycles. The van der Waals surface area contributed by atoms with E-state index in [9.17, 15) is 9.59 Å². The summed E-state index contributed by atoms with van der Waals surface area (Å²) < 4.78 is 9.96. The fourth-order valence-electron chi connectivity index (χ4n) is 1.52. The molecule has 120 valence electrons. The van der Waals surface area contributed by atoms with Crippen molar-refractivity contribution < 1.29 is 18.7 Å². The number of nitrogens with one attached hydrogen (secondary N) is 3. The van der Waals surface area contributed by atoms with E-state index in [1.165, 1.54) is 25.3 Å². The van der Waals surface area contributed by atoms with Crippen molar-refractivity contribution in [2.45, 2.75) is 26.8 Å². The van der Waals surface area contributed by atoms with Gasteiger partial charge in [0.05, 0.1) is 7.11 Å². The molecule has 1 amide bonds. The monoisotopic (exact) mass is 325 g/mol. The first-order valence-corrected chi connectivity index (χ1v) is 6.97. The minimum atomic E-state index is -0.489. The lowest BCUT2D eigenvalue weighted by Crippen LogP contribution is -2.48. The van der Waals surface area contributed by atoms with Crippen molar-refractivity contribution in [3.8, 4) is 0 Å². The molecule has 0 spiro atoms. The summed E-state index contributed by atoms with van der Waals surface area (Å²) >= 11 is 4.96. The van der Waals surface area contributed by atoms with Crippen LogP contribution in [0, 0.1) is 6.92 Å². The van der Waals surface area contributed by atoms with E-state index in [2.05, 4.69) is 20.9 Å². The van der Waals surface area contributed by atoms with Crippen molar-refractivity contribution in [2.24, 2.45) is 0 Å². The van der Waals surface area contributed by atoms with Crippen LogP contribution in [0.4, 0.5) is 0 Å². The largest absolute Gasteiger partial charge is 0.465 e. The van der Waals surface area contributed by atoms with E-state index in [1.54, 1.807) is 6.92 Å². The van der Waals surface area contributed by atoms with Crippen molar-refractivity contribution >= 4 is 35.3 Å². The molecule has 0 aromatic carbocycles. The van der Waals surface area contributed by atoms with Crippen LogP contribution >= 0.6 is 12.2 Å². The lowest BCUT2D eigenvalue weighted by atomic mass is 10.2. The van der Waals surface area contributed by atoms with Gasteiger partial charge < -0.3 is 14.5 Å². The number of carbonyl (C=O) groups is 2. The number of hydrogen-bond acceptors (Lipinski definition) is 5. The van der Waals surface area contributed by atoms with Crippen molar-refractivity contribution in [3.05, 3.63) is 29.2 Å². The first-order valence-electron chi connectivity index (χ1n) is 6.56. The van der Waals surface area contributed by atoms with Crippen molar-refractivity contribution in [3.63, 3.8) is 0 Å². The van der Waals surface area contributed by atoms with Crippen LogP contribution in [0.3, 0.4) is 0 Å². The minimum Gasteiger partial charge on any atom is -0.465 e. The molecule has 0 bridgehead atoms. The molecule has 0 aliphatic heterocycles. The molecule has 1 aromatic rings. The molecular weight excluding hydrogens is 306 g/mol. The van der Waals surface area contributed by atoms with E-state index >= 15 is 0 Å². The van der Waals surface area contributed by atoms with Gasteiger partial charge in [0.2, 0.25) is 0 Å². The SMILES string of the molecule is COC(=O)c1cc(/C=C/C(=O)NNC(=S)NC(C)C)oc1C. The van der Waals surface area contributed by atoms with E-state index < -0.39 is 11.9 Å². The first kappa shape index (κ1) is 17.7. The molecule has 0 saturated carbocycles. The van der Waals surface area contributed by atoms with Crippen LogP contribution in [-0.2, 0) is 9.53 Å². The molecule has 0 fully saturated rings. The Bertz CT molecular complexity index is 593. The number of furan rings is 1. The standard InChI is InChI=1S/C14H19N3O4S/c1-8(2)15-14(22)17-16-12(18)6-5-10-7-11(9(3)21-10)13(19)20-4/h5-8H,1-4H3,(H,16,18)(H2,15,17,22)/b6-5+. The molecule has 0 aliphatic carbocycles. The quantitative estimate of drug-likeness (QED) is 0.332. The fraction of sp³-hybridized carbons (Fsp3) is 0.357. The number of rotatable bonds is 4. The molecule has 0 aliphatic rings. The number of amides is 1. The first-order chi connectivity index (χ1) is 10.3. The molecule has 3 N–H and O–H groups in total. The highest BCUT2D eigenvalue weighted by atomic mass is 32.1. The highest BCUT2D eigenvalue weighted by Crippen LogP contribution is 2.16. The molecule has 1 aromatic heterocycles. The zero-order valence-corrected chi connectivity index (χ0v) is 13.7. The van der Waals surface area contributed by atoms with Gasteiger partial charge in [0.25, 0.3) is 5.91 Å². The van der Waals surface area contributed by atoms with Gasteiger partial charge >= 0.3 is 5.97 Å². The van der Waals surface area contributed by atoms with Gasteiger partial charge in [0.1, 0.15) is 17.1 Å². The Hall–Kier alpha value is -2.35. The molecule has 0 saturated heterocycles. The van der Waals surface area contributed by atoms with Crippen molar-refractivity contribution in [2.75, 3.05) is 7.11 Å². The summed E-state index contributed by atoms with van der Waals surface area (Å²) in [5, 5.41) is 3.23. The van der Waals surface area contributed by atoms with E-state index in [0.29, 0.717) is 22.2 Å². The van der Waals surface area contributed by atoms with Crippen LogP contribution in [0.15, 0.2) is 16.6 Å². The third-order valence-corrected chi connectivity index (χ3v) is 2.68. The number of methoxy groups -OCH3 is 1. The van der Waals surface area contributed by atoms with Crippen LogP contribution in [0.5, 0.6) is 0 Å². The number of hydrazine groups is 1. The van der Waals surface area contributed by atoms with E-state index in [0.717, 1.165) is 0 Å². The van der Waals surface area contributed by atoms with Crippen LogP contribution < -0.4 is 16.2 Å². The van der Waals surface area contributed by atoms with Gasteiger partial charge in [0.15, 0.2) is 5.11 Å². The topological polar surface area (TPSA) is 92.6 Å². The second-order valence-corrected chi connectivity index (χ2v) is 5.09. The summed E-state index contributed by atoms with van der Waals surface area (Å²) in [5.41, 5.74) is 5.28. The minimum absolute atomic E-state index is 0.162. The van der Waals surface area contributed by atoms with E-state index in [1.807, 2.05) is 13.8 Å². The summed E-state index contributed by atoms with van der Waals surface area (Å²) in [7, 11) is 1.29. The summed E-state index contributed by atoms with van der Waals surface area (Å²) in [4.78, 5) is 23.0. The summed E-state index contributed by atoms with van der Waals surface area (Å²) in [6, 6.07) is 1.67. The summed E-state index contributed by atoms with van der Waals surface area (Å²) in [6.07, 6.45) is 2.69. The second kappa shape index (κ2) is 8.18. The molecule has 22 heavy (non-hydrogen) atoms. The zero-order chi connectivity index (χ0) is 16.7. The van der Waals surface area contributed by atoms with Gasteiger partial charge in [-0.15, -0.1) is 0 Å². The van der Waals surface area contributed by atoms with Crippen molar-refractivity contribution in [1.82, 2.24) is 16.2 Å². The van der Waals surface area contributed by atoms with Gasteiger partial charge in [-0.2, -0.15) is 0 Å². The Morgan fingerprint density at radius 3 is 2.64 bits per heavy atom. The van der Waals surface area contributed by atoms with E-state index in [-0.39, 0.29) is 6.04 Å². The second-order valence-electron chi connectivity index (χ2n) is 4.69. The predicted octanol–water partition coefficient (Wildman–Crippen LogP) is 1.29. The number of thiocarbonyl (C=S) groups is 1. The number of aryl methyl sites for hydroxylation is 1. The smallest absolute Gasteiger partial charge is 0.341 e. The molecule has 0 radical (unpaired) electrons. The van der Waals surface area contributed by atoms with Crippen LogP contribution in [0.25, 0.3) is 6.08 Å². The highest BCUT2D eigenvalue weighted by Gasteiger charge is 2.14. The molecule has 7 nitrogen and oxygen atoms in total. The normalized spacial score (nSPS) is 10.6.